The predicted molar refractivity (Wildman–Crippen MR) is 143 cm³/mol. The van der Waals surface area contributed by atoms with Gasteiger partial charge in [-0.05, 0) is 72.1 Å². The molecule has 0 aliphatic rings. The van der Waals surface area contributed by atoms with E-state index in [9.17, 15) is 4.79 Å². The van der Waals surface area contributed by atoms with E-state index in [1.54, 1.807) is 0 Å². The SMILES string of the molecule is NC(=O)CCCNCC(=Cc1ccc(Cl)cc1)c1ccc(OCc2ccc3ccccc3n2)cc1. The first-order valence-electron chi connectivity index (χ1n) is 11.6. The molecule has 3 aromatic carbocycles. The van der Waals surface area contributed by atoms with E-state index in [2.05, 4.69) is 34.6 Å². The first-order chi connectivity index (χ1) is 17.1. The number of carbonyl (C=O) groups is 1. The highest BCUT2D eigenvalue weighted by Gasteiger charge is 2.05. The highest BCUT2D eigenvalue weighted by Crippen LogP contribution is 2.23. The van der Waals surface area contributed by atoms with E-state index in [4.69, 9.17) is 22.1 Å². The smallest absolute Gasteiger partial charge is 0.217 e. The highest BCUT2D eigenvalue weighted by atomic mass is 35.5. The number of carbonyl (C=O) groups excluding carboxylic acids is 1. The van der Waals surface area contributed by atoms with Gasteiger partial charge in [-0.2, -0.15) is 0 Å². The summed E-state index contributed by atoms with van der Waals surface area (Å²) in [6.45, 7) is 1.77. The molecule has 5 nitrogen and oxygen atoms in total. The van der Waals surface area contributed by atoms with Gasteiger partial charge in [-0.25, -0.2) is 4.98 Å². The lowest BCUT2D eigenvalue weighted by atomic mass is 10.0. The molecule has 4 aromatic rings. The first kappa shape index (κ1) is 24.5. The fraction of sp³-hybridized carbons (Fsp3) is 0.172. The van der Waals surface area contributed by atoms with Gasteiger partial charge in [0.1, 0.15) is 12.4 Å². The molecule has 0 fully saturated rings. The van der Waals surface area contributed by atoms with Crippen LogP contribution in [0.4, 0.5) is 0 Å². The Morgan fingerprint density at radius 3 is 2.51 bits per heavy atom. The third-order valence-electron chi connectivity index (χ3n) is 5.57. The summed E-state index contributed by atoms with van der Waals surface area (Å²) in [5.74, 6) is 0.502. The third kappa shape index (κ3) is 7.41. The van der Waals surface area contributed by atoms with Crippen molar-refractivity contribution in [2.75, 3.05) is 13.1 Å². The number of halogens is 1. The molecule has 0 bridgehead atoms. The fourth-order valence-corrected chi connectivity index (χ4v) is 3.84. The predicted octanol–water partition coefficient (Wildman–Crippen LogP) is 5.86. The summed E-state index contributed by atoms with van der Waals surface area (Å²) in [5, 5.41) is 5.22. The van der Waals surface area contributed by atoms with Gasteiger partial charge >= 0.3 is 0 Å². The molecule has 178 valence electrons. The third-order valence-corrected chi connectivity index (χ3v) is 5.82. The molecule has 1 heterocycles. The number of nitrogens with two attached hydrogens (primary N) is 1. The molecule has 6 heteroatoms. The molecule has 0 atom stereocenters. The summed E-state index contributed by atoms with van der Waals surface area (Å²) in [6, 6.07) is 27.9. The summed E-state index contributed by atoms with van der Waals surface area (Å²) in [6.07, 6.45) is 3.22. The summed E-state index contributed by atoms with van der Waals surface area (Å²) in [7, 11) is 0. The first-order valence-corrected chi connectivity index (χ1v) is 12.0. The topological polar surface area (TPSA) is 77.2 Å². The Hall–Kier alpha value is -3.67. The lowest BCUT2D eigenvalue weighted by Crippen LogP contribution is -2.20. The largest absolute Gasteiger partial charge is 0.487 e. The van der Waals surface area contributed by atoms with Crippen LogP contribution in [0.3, 0.4) is 0 Å². The van der Waals surface area contributed by atoms with E-state index in [1.807, 2.05) is 66.7 Å². The van der Waals surface area contributed by atoms with Crippen molar-refractivity contribution in [1.82, 2.24) is 10.3 Å². The van der Waals surface area contributed by atoms with Crippen LogP contribution in [0.2, 0.25) is 5.02 Å². The quantitative estimate of drug-likeness (QED) is 0.206. The number of fused-ring (bicyclic) bond motifs is 1. The van der Waals surface area contributed by atoms with Crippen molar-refractivity contribution < 1.29 is 9.53 Å². The number of benzene rings is 3. The minimum Gasteiger partial charge on any atom is -0.487 e. The molecular formula is C29H28ClN3O2. The lowest BCUT2D eigenvalue weighted by molar-refractivity contribution is -0.118. The van der Waals surface area contributed by atoms with Crippen LogP contribution in [0.25, 0.3) is 22.6 Å². The molecule has 0 unspecified atom stereocenters. The van der Waals surface area contributed by atoms with Gasteiger partial charge in [-0.3, -0.25) is 4.79 Å². The zero-order valence-corrected chi connectivity index (χ0v) is 20.2. The maximum absolute atomic E-state index is 11.0. The standard InChI is InChI=1S/C29H28ClN3O2/c30-25-12-7-21(8-13-25)18-24(19-32-17-3-6-29(31)34)22-10-15-27(16-11-22)35-20-26-14-9-23-4-1-2-5-28(23)33-26/h1-2,4-5,7-16,18,32H,3,6,17,19-20H2,(H2,31,34). The van der Waals surface area contributed by atoms with Gasteiger partial charge in [0.25, 0.3) is 0 Å². The van der Waals surface area contributed by atoms with Crippen LogP contribution in [-0.4, -0.2) is 24.0 Å². The average Bonchev–Trinajstić information content (AvgIpc) is 2.88. The van der Waals surface area contributed by atoms with Gasteiger partial charge in [0.15, 0.2) is 0 Å². The number of para-hydroxylation sites is 1. The van der Waals surface area contributed by atoms with Crippen LogP contribution < -0.4 is 15.8 Å². The number of nitrogens with one attached hydrogen (secondary N) is 1. The number of aromatic nitrogens is 1. The number of amides is 1. The number of hydrogen-bond donors (Lipinski definition) is 2. The molecule has 0 aliphatic carbocycles. The van der Waals surface area contributed by atoms with Crippen LogP contribution in [0.5, 0.6) is 5.75 Å². The lowest BCUT2D eigenvalue weighted by Gasteiger charge is -2.12. The molecule has 4 rings (SSSR count). The van der Waals surface area contributed by atoms with E-state index in [0.717, 1.165) is 39.0 Å². The molecule has 0 radical (unpaired) electrons. The molecule has 0 aliphatic heterocycles. The van der Waals surface area contributed by atoms with Crippen LogP contribution >= 0.6 is 11.6 Å². The van der Waals surface area contributed by atoms with Gasteiger partial charge in [-0.15, -0.1) is 0 Å². The molecule has 35 heavy (non-hydrogen) atoms. The van der Waals surface area contributed by atoms with E-state index >= 15 is 0 Å². The monoisotopic (exact) mass is 485 g/mol. The molecule has 0 saturated heterocycles. The Morgan fingerprint density at radius 1 is 0.971 bits per heavy atom. The second-order valence-electron chi connectivity index (χ2n) is 8.28. The van der Waals surface area contributed by atoms with E-state index in [0.29, 0.717) is 37.6 Å². The Bertz CT molecular complexity index is 1300. The molecular weight excluding hydrogens is 458 g/mol. The maximum Gasteiger partial charge on any atom is 0.217 e. The van der Waals surface area contributed by atoms with Gasteiger partial charge in [0.2, 0.25) is 5.91 Å². The van der Waals surface area contributed by atoms with Crippen LogP contribution in [0.1, 0.15) is 29.7 Å². The molecule has 0 spiro atoms. The zero-order chi connectivity index (χ0) is 24.5. The Morgan fingerprint density at radius 2 is 1.74 bits per heavy atom. The Labute approximate surface area is 210 Å². The van der Waals surface area contributed by atoms with E-state index in [1.165, 1.54) is 0 Å². The number of pyridine rings is 1. The minimum atomic E-state index is -0.279. The van der Waals surface area contributed by atoms with Gasteiger partial charge in [-0.1, -0.05) is 60.1 Å². The number of rotatable bonds is 11. The van der Waals surface area contributed by atoms with Crippen LogP contribution in [0, 0.1) is 0 Å². The van der Waals surface area contributed by atoms with E-state index < -0.39 is 0 Å². The van der Waals surface area contributed by atoms with Crippen LogP contribution in [-0.2, 0) is 11.4 Å². The van der Waals surface area contributed by atoms with Crippen molar-refractivity contribution in [2.45, 2.75) is 19.4 Å². The highest BCUT2D eigenvalue weighted by molar-refractivity contribution is 6.30. The number of primary amides is 1. The second kappa shape index (κ2) is 12.2. The van der Waals surface area contributed by atoms with Crippen molar-refractivity contribution in [3.05, 3.63) is 107 Å². The van der Waals surface area contributed by atoms with Crippen molar-refractivity contribution in [3.8, 4) is 5.75 Å². The van der Waals surface area contributed by atoms with Crippen molar-refractivity contribution >= 4 is 40.1 Å². The number of nitrogens with zero attached hydrogens (tertiary/aromatic N) is 1. The van der Waals surface area contributed by atoms with Gasteiger partial charge in [0.05, 0.1) is 11.2 Å². The van der Waals surface area contributed by atoms with Crippen molar-refractivity contribution in [2.24, 2.45) is 5.73 Å². The second-order valence-corrected chi connectivity index (χ2v) is 8.71. The maximum atomic E-state index is 11.0. The van der Waals surface area contributed by atoms with E-state index in [-0.39, 0.29) is 5.91 Å². The molecule has 3 N–H and O–H groups in total. The normalized spacial score (nSPS) is 11.5. The number of ether oxygens (including phenoxy) is 1. The summed E-state index contributed by atoms with van der Waals surface area (Å²) >= 11 is 6.04. The average molecular weight is 486 g/mol. The molecule has 0 saturated carbocycles. The summed E-state index contributed by atoms with van der Waals surface area (Å²) < 4.78 is 5.99. The molecule has 1 amide bonds. The zero-order valence-electron chi connectivity index (χ0n) is 19.4. The summed E-state index contributed by atoms with van der Waals surface area (Å²) in [4.78, 5) is 15.6. The minimum absolute atomic E-state index is 0.279. The molecule has 1 aromatic heterocycles. The Balaban J connectivity index is 1.43. The Kier molecular flexibility index (Phi) is 8.49. The van der Waals surface area contributed by atoms with Gasteiger partial charge < -0.3 is 15.8 Å². The fourth-order valence-electron chi connectivity index (χ4n) is 3.72. The summed E-state index contributed by atoms with van der Waals surface area (Å²) in [5.41, 5.74) is 10.3. The van der Waals surface area contributed by atoms with Crippen LogP contribution in [0.15, 0.2) is 84.9 Å². The van der Waals surface area contributed by atoms with Crippen molar-refractivity contribution in [1.29, 1.82) is 0 Å². The van der Waals surface area contributed by atoms with Gasteiger partial charge in [0, 0.05) is 23.4 Å². The number of hydrogen-bond acceptors (Lipinski definition) is 4. The van der Waals surface area contributed by atoms with Crippen molar-refractivity contribution in [3.63, 3.8) is 0 Å².